The third-order valence-corrected chi connectivity index (χ3v) is 2.08. The van der Waals surface area contributed by atoms with Crippen LogP contribution >= 0.6 is 0 Å². The zero-order valence-electron chi connectivity index (χ0n) is 8.96. The Labute approximate surface area is 85.9 Å². The van der Waals surface area contributed by atoms with Crippen molar-refractivity contribution < 1.29 is 0 Å². The van der Waals surface area contributed by atoms with Gasteiger partial charge in [0.05, 0.1) is 0 Å². The molecule has 0 fully saturated rings. The molecule has 0 aliphatic rings. The van der Waals surface area contributed by atoms with Crippen LogP contribution in [0.4, 0.5) is 5.69 Å². The molecule has 14 heavy (non-hydrogen) atoms. The average Bonchev–Trinajstić information content (AvgIpc) is 2.19. The Morgan fingerprint density at radius 3 is 2.79 bits per heavy atom. The van der Waals surface area contributed by atoms with Gasteiger partial charge in [0.15, 0.2) is 0 Å². The Balaban J connectivity index is 2.55. The van der Waals surface area contributed by atoms with E-state index in [0.717, 1.165) is 13.1 Å². The van der Waals surface area contributed by atoms with Crippen LogP contribution in [0, 0.1) is 0 Å². The van der Waals surface area contributed by atoms with Gasteiger partial charge in [0.2, 0.25) is 0 Å². The molecule has 1 aromatic rings. The van der Waals surface area contributed by atoms with Gasteiger partial charge in [-0.3, -0.25) is 0 Å². The minimum Gasteiger partial charge on any atom is -0.378 e. The van der Waals surface area contributed by atoms with Crippen LogP contribution < -0.4 is 16.0 Å². The second-order valence-corrected chi connectivity index (χ2v) is 3.53. The molecule has 0 heterocycles. The number of rotatable bonds is 5. The summed E-state index contributed by atoms with van der Waals surface area (Å²) in [6.07, 6.45) is 0. The molecule has 3 nitrogen and oxygen atoms in total. The van der Waals surface area contributed by atoms with Crippen LogP contribution in [0.1, 0.15) is 5.56 Å². The molecule has 0 spiro atoms. The van der Waals surface area contributed by atoms with Gasteiger partial charge in [-0.1, -0.05) is 12.1 Å². The van der Waals surface area contributed by atoms with Gasteiger partial charge in [-0.15, -0.1) is 0 Å². The molecular weight excluding hydrogens is 174 g/mol. The van der Waals surface area contributed by atoms with Crippen LogP contribution in [0.15, 0.2) is 24.3 Å². The van der Waals surface area contributed by atoms with Crippen LogP contribution in [0.25, 0.3) is 0 Å². The van der Waals surface area contributed by atoms with Crippen molar-refractivity contribution in [3.8, 4) is 0 Å². The quantitative estimate of drug-likeness (QED) is 0.680. The number of nitrogens with two attached hydrogens (primary N) is 1. The maximum Gasteiger partial charge on any atom is 0.0364 e. The van der Waals surface area contributed by atoms with Gasteiger partial charge in [-0.2, -0.15) is 0 Å². The van der Waals surface area contributed by atoms with Crippen molar-refractivity contribution in [3.05, 3.63) is 29.8 Å². The Morgan fingerprint density at radius 1 is 1.36 bits per heavy atom. The third-order valence-electron chi connectivity index (χ3n) is 2.08. The normalized spacial score (nSPS) is 10.2. The summed E-state index contributed by atoms with van der Waals surface area (Å²) in [7, 11) is 4.10. The molecule has 1 rings (SSSR count). The molecule has 0 saturated heterocycles. The van der Waals surface area contributed by atoms with Crippen LogP contribution in [-0.4, -0.2) is 27.2 Å². The van der Waals surface area contributed by atoms with Gasteiger partial charge in [0.1, 0.15) is 0 Å². The molecule has 3 N–H and O–H groups in total. The number of benzene rings is 1. The Bertz CT molecular complexity index is 271. The summed E-state index contributed by atoms with van der Waals surface area (Å²) < 4.78 is 0. The largest absolute Gasteiger partial charge is 0.378 e. The van der Waals surface area contributed by atoms with E-state index in [4.69, 9.17) is 5.73 Å². The molecule has 78 valence electrons. The lowest BCUT2D eigenvalue weighted by Crippen LogP contribution is -2.22. The van der Waals surface area contributed by atoms with E-state index < -0.39 is 0 Å². The zero-order chi connectivity index (χ0) is 10.4. The fourth-order valence-corrected chi connectivity index (χ4v) is 1.28. The van der Waals surface area contributed by atoms with Gasteiger partial charge < -0.3 is 16.0 Å². The highest BCUT2D eigenvalue weighted by atomic mass is 15.1. The van der Waals surface area contributed by atoms with E-state index in [2.05, 4.69) is 34.5 Å². The average molecular weight is 193 g/mol. The van der Waals surface area contributed by atoms with E-state index >= 15 is 0 Å². The van der Waals surface area contributed by atoms with Crippen molar-refractivity contribution >= 4 is 5.69 Å². The smallest absolute Gasteiger partial charge is 0.0364 e. The Hall–Kier alpha value is -1.06. The fraction of sp³-hybridized carbons (Fsp3) is 0.455. The van der Waals surface area contributed by atoms with E-state index in [-0.39, 0.29) is 0 Å². The lowest BCUT2D eigenvalue weighted by Gasteiger charge is -2.13. The standard InChI is InChI=1S/C11H19N3/c1-14(2)11-5-3-4-10(8-11)9-13-7-6-12/h3-5,8,13H,6-7,9,12H2,1-2H3. The fourth-order valence-electron chi connectivity index (χ4n) is 1.28. The summed E-state index contributed by atoms with van der Waals surface area (Å²) in [6, 6.07) is 8.49. The highest BCUT2D eigenvalue weighted by Crippen LogP contribution is 2.12. The molecule has 0 aliphatic heterocycles. The van der Waals surface area contributed by atoms with Crippen molar-refractivity contribution in [2.75, 3.05) is 32.1 Å². The summed E-state index contributed by atoms with van der Waals surface area (Å²) in [5, 5.41) is 3.27. The minimum absolute atomic E-state index is 0.688. The molecule has 3 heteroatoms. The predicted octanol–water partition coefficient (Wildman–Crippen LogP) is 0.801. The minimum atomic E-state index is 0.688. The third kappa shape index (κ3) is 3.36. The molecule has 0 radical (unpaired) electrons. The van der Waals surface area contributed by atoms with Gasteiger partial charge in [0, 0.05) is 39.4 Å². The lowest BCUT2D eigenvalue weighted by atomic mass is 10.2. The van der Waals surface area contributed by atoms with E-state index in [1.165, 1.54) is 11.3 Å². The molecule has 0 bridgehead atoms. The lowest BCUT2D eigenvalue weighted by molar-refractivity contribution is 0.695. The first-order chi connectivity index (χ1) is 6.74. The Morgan fingerprint density at radius 2 is 2.14 bits per heavy atom. The van der Waals surface area contributed by atoms with Crippen LogP contribution in [-0.2, 0) is 6.54 Å². The van der Waals surface area contributed by atoms with E-state index in [0.29, 0.717) is 6.54 Å². The summed E-state index contributed by atoms with van der Waals surface area (Å²) >= 11 is 0. The second-order valence-electron chi connectivity index (χ2n) is 3.53. The number of hydrogen-bond donors (Lipinski definition) is 2. The number of anilines is 1. The molecule has 0 aromatic heterocycles. The molecule has 0 aliphatic carbocycles. The maximum atomic E-state index is 5.40. The van der Waals surface area contributed by atoms with E-state index in [1.807, 2.05) is 14.1 Å². The van der Waals surface area contributed by atoms with Crippen LogP contribution in [0.3, 0.4) is 0 Å². The van der Waals surface area contributed by atoms with Gasteiger partial charge in [-0.05, 0) is 17.7 Å². The summed E-state index contributed by atoms with van der Waals surface area (Å²) in [5.41, 5.74) is 7.93. The van der Waals surface area contributed by atoms with Crippen molar-refractivity contribution in [1.82, 2.24) is 5.32 Å². The maximum absolute atomic E-state index is 5.40. The molecule has 0 amide bonds. The first-order valence-electron chi connectivity index (χ1n) is 4.91. The summed E-state index contributed by atoms with van der Waals surface area (Å²) in [6.45, 7) is 2.44. The van der Waals surface area contributed by atoms with Crippen LogP contribution in [0.5, 0.6) is 0 Å². The summed E-state index contributed by atoms with van der Waals surface area (Å²) in [4.78, 5) is 2.10. The van der Waals surface area contributed by atoms with Crippen molar-refractivity contribution in [1.29, 1.82) is 0 Å². The second kappa shape index (κ2) is 5.62. The van der Waals surface area contributed by atoms with Crippen molar-refractivity contribution in [3.63, 3.8) is 0 Å². The first-order valence-corrected chi connectivity index (χ1v) is 4.91. The topological polar surface area (TPSA) is 41.3 Å². The van der Waals surface area contributed by atoms with Crippen LogP contribution in [0.2, 0.25) is 0 Å². The molecular formula is C11H19N3. The van der Waals surface area contributed by atoms with Crippen molar-refractivity contribution in [2.45, 2.75) is 6.54 Å². The van der Waals surface area contributed by atoms with Gasteiger partial charge in [0.25, 0.3) is 0 Å². The predicted molar refractivity (Wildman–Crippen MR) is 61.5 cm³/mol. The highest BCUT2D eigenvalue weighted by molar-refractivity contribution is 5.47. The highest BCUT2D eigenvalue weighted by Gasteiger charge is 1.96. The zero-order valence-corrected chi connectivity index (χ0v) is 8.96. The molecule has 0 saturated carbocycles. The van der Waals surface area contributed by atoms with E-state index in [1.54, 1.807) is 0 Å². The molecule has 0 unspecified atom stereocenters. The van der Waals surface area contributed by atoms with Gasteiger partial charge in [-0.25, -0.2) is 0 Å². The molecule has 0 atom stereocenters. The number of nitrogens with zero attached hydrogens (tertiary/aromatic N) is 1. The molecule has 1 aromatic carbocycles. The monoisotopic (exact) mass is 193 g/mol. The first kappa shape index (κ1) is 11.0. The number of nitrogens with one attached hydrogen (secondary N) is 1. The van der Waals surface area contributed by atoms with Gasteiger partial charge >= 0.3 is 0 Å². The SMILES string of the molecule is CN(C)c1cccc(CNCCN)c1. The summed E-state index contributed by atoms with van der Waals surface area (Å²) in [5.74, 6) is 0. The number of hydrogen-bond acceptors (Lipinski definition) is 3. The van der Waals surface area contributed by atoms with E-state index in [9.17, 15) is 0 Å². The van der Waals surface area contributed by atoms with Crippen molar-refractivity contribution in [2.24, 2.45) is 5.73 Å². The Kier molecular flexibility index (Phi) is 4.43.